The van der Waals surface area contributed by atoms with E-state index in [1.807, 2.05) is 40.6 Å². The number of aryl methyl sites for hydroxylation is 1. The summed E-state index contributed by atoms with van der Waals surface area (Å²) in [4.78, 5) is 16.0. The minimum absolute atomic E-state index is 0.0222. The summed E-state index contributed by atoms with van der Waals surface area (Å²) in [6.45, 7) is 5.65. The number of likely N-dealkylation sites (N-methyl/N-ethyl adjacent to an activating group) is 1. The van der Waals surface area contributed by atoms with Crippen LogP contribution in [0.1, 0.15) is 31.9 Å². The number of carbonyl (C=O) groups excluding carboxylic acids is 1. The zero-order valence-corrected chi connectivity index (χ0v) is 14.1. The molecule has 0 aromatic carbocycles. The Bertz CT molecular complexity index is 443. The van der Waals surface area contributed by atoms with Gasteiger partial charge in [0.25, 0.3) is 0 Å². The van der Waals surface area contributed by atoms with Gasteiger partial charge in [0.2, 0.25) is 0 Å². The molecule has 1 rings (SSSR count). The molecule has 2 amide bonds. The maximum absolute atomic E-state index is 12.1. The predicted octanol–water partition coefficient (Wildman–Crippen LogP) is 1.71. The van der Waals surface area contributed by atoms with Gasteiger partial charge in [-0.1, -0.05) is 20.3 Å². The molecule has 0 bridgehead atoms. The van der Waals surface area contributed by atoms with Crippen molar-refractivity contribution in [2.75, 3.05) is 34.2 Å². The third kappa shape index (κ3) is 5.38. The Morgan fingerprint density at radius 3 is 2.57 bits per heavy atom. The van der Waals surface area contributed by atoms with Crippen LogP contribution in [0.25, 0.3) is 0 Å². The highest BCUT2D eigenvalue weighted by molar-refractivity contribution is 5.73. The molecule has 6 nitrogen and oxygen atoms in total. The molecule has 1 aromatic rings. The minimum atomic E-state index is -0.0222. The molecule has 0 unspecified atom stereocenters. The van der Waals surface area contributed by atoms with Gasteiger partial charge in [-0.15, -0.1) is 0 Å². The van der Waals surface area contributed by atoms with E-state index in [1.165, 1.54) is 0 Å². The van der Waals surface area contributed by atoms with E-state index in [0.29, 0.717) is 12.5 Å². The average Bonchev–Trinajstić information content (AvgIpc) is 2.84. The maximum atomic E-state index is 12.1. The molecule has 1 N–H and O–H groups in total. The maximum Gasteiger partial charge on any atom is 0.317 e. The van der Waals surface area contributed by atoms with E-state index in [-0.39, 0.29) is 12.1 Å². The van der Waals surface area contributed by atoms with Crippen LogP contribution < -0.4 is 5.32 Å². The van der Waals surface area contributed by atoms with Crippen molar-refractivity contribution >= 4 is 6.03 Å². The van der Waals surface area contributed by atoms with Crippen LogP contribution in [-0.2, 0) is 7.05 Å². The lowest BCUT2D eigenvalue weighted by atomic mass is 10.1. The molecule has 6 heteroatoms. The molecule has 2 atom stereocenters. The van der Waals surface area contributed by atoms with Gasteiger partial charge in [0, 0.05) is 38.9 Å². The minimum Gasteiger partial charge on any atom is -0.336 e. The molecule has 120 valence electrons. The van der Waals surface area contributed by atoms with Crippen LogP contribution in [0.15, 0.2) is 12.4 Å². The Morgan fingerprint density at radius 1 is 1.43 bits per heavy atom. The Labute approximate surface area is 128 Å². The molecule has 0 aliphatic heterocycles. The lowest BCUT2D eigenvalue weighted by molar-refractivity contribution is 0.195. The van der Waals surface area contributed by atoms with Gasteiger partial charge in [-0.3, -0.25) is 4.68 Å². The Hall–Kier alpha value is -1.56. The zero-order valence-electron chi connectivity index (χ0n) is 14.1. The molecule has 21 heavy (non-hydrogen) atoms. The first-order chi connectivity index (χ1) is 9.85. The highest BCUT2D eigenvalue weighted by Crippen LogP contribution is 2.16. The smallest absolute Gasteiger partial charge is 0.317 e. The molecular weight excluding hydrogens is 266 g/mol. The number of hydrogen-bond acceptors (Lipinski definition) is 3. The second kappa shape index (κ2) is 8.02. The van der Waals surface area contributed by atoms with Gasteiger partial charge in [-0.25, -0.2) is 4.79 Å². The zero-order chi connectivity index (χ0) is 16.0. The van der Waals surface area contributed by atoms with Crippen molar-refractivity contribution in [3.8, 4) is 0 Å². The first-order valence-electron chi connectivity index (χ1n) is 7.49. The summed E-state index contributed by atoms with van der Waals surface area (Å²) in [7, 11) is 7.75. The van der Waals surface area contributed by atoms with Crippen molar-refractivity contribution in [2.24, 2.45) is 13.0 Å². The number of urea groups is 1. The number of hydrogen-bond donors (Lipinski definition) is 1. The van der Waals surface area contributed by atoms with Crippen LogP contribution in [0.3, 0.4) is 0 Å². The second-order valence-corrected chi connectivity index (χ2v) is 6.01. The summed E-state index contributed by atoms with van der Waals surface area (Å²) < 4.78 is 1.78. The Morgan fingerprint density at radius 2 is 2.10 bits per heavy atom. The fourth-order valence-electron chi connectivity index (χ4n) is 2.21. The van der Waals surface area contributed by atoms with Gasteiger partial charge in [0.1, 0.15) is 0 Å². The average molecular weight is 295 g/mol. The van der Waals surface area contributed by atoms with E-state index in [1.54, 1.807) is 9.58 Å². The molecule has 0 saturated heterocycles. The summed E-state index contributed by atoms with van der Waals surface area (Å²) in [5.74, 6) is 0.517. The molecule has 0 fully saturated rings. The second-order valence-electron chi connectivity index (χ2n) is 6.01. The Kier molecular flexibility index (Phi) is 6.68. The molecule has 0 aliphatic carbocycles. The quantitative estimate of drug-likeness (QED) is 0.833. The lowest BCUT2D eigenvalue weighted by Crippen LogP contribution is -2.42. The number of nitrogens with one attached hydrogen (secondary N) is 1. The highest BCUT2D eigenvalue weighted by atomic mass is 16.2. The van der Waals surface area contributed by atoms with Crippen molar-refractivity contribution in [3.05, 3.63) is 18.0 Å². The molecule has 1 heterocycles. The van der Waals surface area contributed by atoms with Gasteiger partial charge >= 0.3 is 6.03 Å². The van der Waals surface area contributed by atoms with Gasteiger partial charge < -0.3 is 15.1 Å². The van der Waals surface area contributed by atoms with Crippen molar-refractivity contribution < 1.29 is 4.79 Å². The molecule has 0 saturated carbocycles. The summed E-state index contributed by atoms with van der Waals surface area (Å²) in [6.07, 6.45) is 4.91. The number of amides is 2. The standard InChI is InChI=1S/C15H29N5O/c1-7-12(2)10-19(5)15(21)16-9-14(18(3)4)13-8-17-20(6)11-13/h8,11-12,14H,7,9-10H2,1-6H3,(H,16,21)/t12-,14-/m0/s1. The topological polar surface area (TPSA) is 53.4 Å². The van der Waals surface area contributed by atoms with Gasteiger partial charge in [0.05, 0.1) is 12.2 Å². The summed E-state index contributed by atoms with van der Waals surface area (Å²) in [5, 5.41) is 7.21. The third-order valence-corrected chi connectivity index (χ3v) is 3.81. The summed E-state index contributed by atoms with van der Waals surface area (Å²) >= 11 is 0. The van der Waals surface area contributed by atoms with Gasteiger partial charge in [0.15, 0.2) is 0 Å². The fourth-order valence-corrected chi connectivity index (χ4v) is 2.21. The van der Waals surface area contributed by atoms with E-state index >= 15 is 0 Å². The first-order valence-corrected chi connectivity index (χ1v) is 7.49. The third-order valence-electron chi connectivity index (χ3n) is 3.81. The highest BCUT2D eigenvalue weighted by Gasteiger charge is 2.18. The van der Waals surface area contributed by atoms with Crippen LogP contribution in [0.4, 0.5) is 4.79 Å². The van der Waals surface area contributed by atoms with E-state index < -0.39 is 0 Å². The number of nitrogens with zero attached hydrogens (tertiary/aromatic N) is 4. The lowest BCUT2D eigenvalue weighted by Gasteiger charge is -2.26. The fraction of sp³-hybridized carbons (Fsp3) is 0.733. The van der Waals surface area contributed by atoms with Crippen LogP contribution in [0.5, 0.6) is 0 Å². The Balaban J connectivity index is 2.56. The van der Waals surface area contributed by atoms with Crippen molar-refractivity contribution in [3.63, 3.8) is 0 Å². The van der Waals surface area contributed by atoms with E-state index in [0.717, 1.165) is 18.5 Å². The van der Waals surface area contributed by atoms with Crippen molar-refractivity contribution in [1.29, 1.82) is 0 Å². The number of aromatic nitrogens is 2. The molecular formula is C15H29N5O. The first kappa shape index (κ1) is 17.5. The van der Waals surface area contributed by atoms with Crippen molar-refractivity contribution in [1.82, 2.24) is 24.9 Å². The van der Waals surface area contributed by atoms with Gasteiger partial charge in [-0.2, -0.15) is 5.10 Å². The predicted molar refractivity (Wildman–Crippen MR) is 85.1 cm³/mol. The number of rotatable bonds is 7. The van der Waals surface area contributed by atoms with E-state index in [9.17, 15) is 4.79 Å². The van der Waals surface area contributed by atoms with Crippen LogP contribution in [-0.4, -0.2) is 59.8 Å². The molecule has 0 spiro atoms. The summed E-state index contributed by atoms with van der Waals surface area (Å²) in [6, 6.07) is 0.102. The summed E-state index contributed by atoms with van der Waals surface area (Å²) in [5.41, 5.74) is 1.10. The molecule has 1 aromatic heterocycles. The molecule has 0 aliphatic rings. The van der Waals surface area contributed by atoms with Crippen LogP contribution >= 0.6 is 0 Å². The van der Waals surface area contributed by atoms with Gasteiger partial charge in [-0.05, 0) is 20.0 Å². The normalized spacial score (nSPS) is 14.0. The largest absolute Gasteiger partial charge is 0.336 e. The van der Waals surface area contributed by atoms with Crippen LogP contribution in [0, 0.1) is 5.92 Å². The van der Waals surface area contributed by atoms with Crippen molar-refractivity contribution in [2.45, 2.75) is 26.3 Å². The van der Waals surface area contributed by atoms with Crippen LogP contribution in [0.2, 0.25) is 0 Å². The van der Waals surface area contributed by atoms with E-state index in [2.05, 4.69) is 29.2 Å². The van der Waals surface area contributed by atoms with E-state index in [4.69, 9.17) is 0 Å². The number of carbonyl (C=O) groups is 1. The molecule has 0 radical (unpaired) electrons. The monoisotopic (exact) mass is 295 g/mol. The SMILES string of the molecule is CC[C@H](C)CN(C)C(=O)NC[C@@H](c1cnn(C)c1)N(C)C.